The van der Waals surface area contributed by atoms with Gasteiger partial charge in [0.2, 0.25) is 11.8 Å². The zero-order valence-corrected chi connectivity index (χ0v) is 25.0. The summed E-state index contributed by atoms with van der Waals surface area (Å²) < 4.78 is 19.2. The number of fused-ring (bicyclic) bond motifs is 1. The highest BCUT2D eigenvalue weighted by Crippen LogP contribution is 2.41. The van der Waals surface area contributed by atoms with E-state index in [0.717, 1.165) is 16.0 Å². The highest BCUT2D eigenvalue weighted by atomic mass is 32.2. The molecule has 11 heteroatoms. The van der Waals surface area contributed by atoms with Gasteiger partial charge in [0.05, 0.1) is 24.8 Å². The first-order valence-electron chi connectivity index (χ1n) is 13.4. The quantitative estimate of drug-likeness (QED) is 0.178. The van der Waals surface area contributed by atoms with Gasteiger partial charge in [0.15, 0.2) is 0 Å². The summed E-state index contributed by atoms with van der Waals surface area (Å²) in [5.74, 6) is -2.17. The molecule has 1 unspecified atom stereocenters. The van der Waals surface area contributed by atoms with Crippen LogP contribution in [0.4, 0.5) is 15.1 Å². The molecule has 0 aliphatic carbocycles. The molecule has 1 aliphatic heterocycles. The van der Waals surface area contributed by atoms with E-state index in [0.29, 0.717) is 40.7 Å². The Bertz CT molecular complexity index is 1690. The minimum absolute atomic E-state index is 0.0582. The lowest BCUT2D eigenvalue weighted by Crippen LogP contribution is -2.33. The Balaban J connectivity index is 1.41. The van der Waals surface area contributed by atoms with Gasteiger partial charge in [0.25, 0.3) is 5.91 Å². The molecule has 1 aromatic heterocycles. The summed E-state index contributed by atoms with van der Waals surface area (Å²) in [6.45, 7) is 2.34. The van der Waals surface area contributed by atoms with E-state index in [4.69, 9.17) is 4.74 Å². The number of hydrogen-bond donors (Lipinski definition) is 2. The van der Waals surface area contributed by atoms with Crippen molar-refractivity contribution in [2.75, 3.05) is 24.3 Å². The van der Waals surface area contributed by atoms with E-state index in [9.17, 15) is 23.6 Å². The van der Waals surface area contributed by atoms with Crippen molar-refractivity contribution < 1.29 is 28.3 Å². The molecule has 5 rings (SSSR count). The first kappa shape index (κ1) is 30.0. The number of ether oxygens (including phenoxy) is 1. The van der Waals surface area contributed by atoms with Gasteiger partial charge in [-0.3, -0.25) is 14.4 Å². The second-order valence-corrected chi connectivity index (χ2v) is 12.0. The first-order valence-corrected chi connectivity index (χ1v) is 15.1. The van der Waals surface area contributed by atoms with Crippen LogP contribution in [0.25, 0.3) is 0 Å². The first-order chi connectivity index (χ1) is 20.7. The van der Waals surface area contributed by atoms with E-state index in [-0.39, 0.29) is 17.4 Å². The number of esters is 1. The molecular formula is C32H28FN3O5S2. The van der Waals surface area contributed by atoms with Crippen molar-refractivity contribution in [1.29, 1.82) is 0 Å². The van der Waals surface area contributed by atoms with Gasteiger partial charge in [-0.25, -0.2) is 9.18 Å². The maximum absolute atomic E-state index is 14.1. The molecule has 4 aromatic rings. The predicted octanol–water partition coefficient (Wildman–Crippen LogP) is 6.30. The summed E-state index contributed by atoms with van der Waals surface area (Å²) >= 11 is 2.54. The zero-order chi connectivity index (χ0) is 30.5. The molecule has 2 N–H and O–H groups in total. The van der Waals surface area contributed by atoms with E-state index >= 15 is 0 Å². The standard InChI is InChI=1S/C32H28FN3O5S2/c1-19(37)36-16-15-24-26(18-36)43-31(27(24)32(40)41-2)35-30(39)28(20-9-4-3-5-10-20)42-22-12-8-11-21(17-22)34-29(38)23-13-6-7-14-25(23)33/h3-14,17,28H,15-16,18H2,1-2H3,(H,34,38)(H,35,39). The SMILES string of the molecule is COC(=O)c1c(NC(=O)C(Sc2cccc(NC(=O)c3ccccc3F)c2)c2ccccc2)sc2c1CCN(C(C)=O)C2. The molecular weight excluding hydrogens is 590 g/mol. The van der Waals surface area contributed by atoms with Gasteiger partial charge >= 0.3 is 5.97 Å². The summed E-state index contributed by atoms with van der Waals surface area (Å²) in [5, 5.41) is 5.33. The van der Waals surface area contributed by atoms with Crippen LogP contribution >= 0.6 is 23.1 Å². The van der Waals surface area contributed by atoms with E-state index in [2.05, 4.69) is 10.6 Å². The van der Waals surface area contributed by atoms with Crippen LogP contribution in [-0.2, 0) is 27.3 Å². The van der Waals surface area contributed by atoms with Crippen LogP contribution in [0.3, 0.4) is 0 Å². The lowest BCUT2D eigenvalue weighted by atomic mass is 10.0. The number of benzene rings is 3. The average molecular weight is 618 g/mol. The highest BCUT2D eigenvalue weighted by Gasteiger charge is 2.32. The normalized spacial score (nSPS) is 13.0. The van der Waals surface area contributed by atoms with Gasteiger partial charge in [-0.1, -0.05) is 48.5 Å². The fourth-order valence-corrected chi connectivity index (χ4v) is 7.12. The average Bonchev–Trinajstić information content (AvgIpc) is 3.37. The number of thioether (sulfide) groups is 1. The highest BCUT2D eigenvalue weighted by molar-refractivity contribution is 8.00. The number of nitrogens with one attached hydrogen (secondary N) is 2. The number of halogens is 1. The maximum atomic E-state index is 14.1. The molecule has 3 aromatic carbocycles. The number of thiophene rings is 1. The molecule has 0 saturated carbocycles. The van der Waals surface area contributed by atoms with Gasteiger partial charge in [-0.15, -0.1) is 23.1 Å². The van der Waals surface area contributed by atoms with Crippen LogP contribution < -0.4 is 10.6 Å². The topological polar surface area (TPSA) is 105 Å². The Kier molecular flexibility index (Phi) is 9.22. The van der Waals surface area contributed by atoms with E-state index in [1.165, 1.54) is 55.3 Å². The smallest absolute Gasteiger partial charge is 0.341 e. The van der Waals surface area contributed by atoms with Gasteiger partial charge < -0.3 is 20.3 Å². The van der Waals surface area contributed by atoms with Gasteiger partial charge in [0, 0.05) is 28.9 Å². The molecule has 43 heavy (non-hydrogen) atoms. The number of methoxy groups -OCH3 is 1. The van der Waals surface area contributed by atoms with Gasteiger partial charge in [-0.05, 0) is 47.9 Å². The monoisotopic (exact) mass is 617 g/mol. The third-order valence-corrected chi connectivity index (χ3v) is 9.31. The molecule has 2 heterocycles. The van der Waals surface area contributed by atoms with Crippen molar-refractivity contribution in [3.63, 3.8) is 0 Å². The number of anilines is 2. The number of amides is 3. The van der Waals surface area contributed by atoms with Crippen LogP contribution in [0, 0.1) is 5.82 Å². The van der Waals surface area contributed by atoms with Crippen molar-refractivity contribution in [1.82, 2.24) is 4.90 Å². The van der Waals surface area contributed by atoms with Gasteiger partial charge in [-0.2, -0.15) is 0 Å². The third-order valence-electron chi connectivity index (χ3n) is 6.93. The lowest BCUT2D eigenvalue weighted by Gasteiger charge is -2.25. The molecule has 1 atom stereocenters. The number of hydrogen-bond acceptors (Lipinski definition) is 7. The lowest BCUT2D eigenvalue weighted by molar-refractivity contribution is -0.129. The fraction of sp³-hybridized carbons (Fsp3) is 0.188. The van der Waals surface area contributed by atoms with E-state index in [1.807, 2.05) is 36.4 Å². The van der Waals surface area contributed by atoms with Crippen molar-refractivity contribution >= 4 is 57.5 Å². The van der Waals surface area contributed by atoms with Crippen molar-refractivity contribution in [3.05, 3.63) is 112 Å². The number of carbonyl (C=O) groups is 4. The van der Waals surface area contributed by atoms with Crippen molar-refractivity contribution in [3.8, 4) is 0 Å². The molecule has 0 bridgehead atoms. The number of rotatable bonds is 8. The summed E-state index contributed by atoms with van der Waals surface area (Å²) in [6.07, 6.45) is 0.480. The second kappa shape index (κ2) is 13.2. The summed E-state index contributed by atoms with van der Waals surface area (Å²) in [7, 11) is 1.29. The summed E-state index contributed by atoms with van der Waals surface area (Å²) in [6, 6.07) is 21.9. The Morgan fingerprint density at radius 3 is 2.44 bits per heavy atom. The Morgan fingerprint density at radius 1 is 0.977 bits per heavy atom. The van der Waals surface area contributed by atoms with E-state index < -0.39 is 22.9 Å². The molecule has 0 fully saturated rings. The van der Waals surface area contributed by atoms with E-state index in [1.54, 1.807) is 29.2 Å². The Labute approximate surface area is 256 Å². The largest absolute Gasteiger partial charge is 0.465 e. The zero-order valence-electron chi connectivity index (χ0n) is 23.4. The molecule has 220 valence electrons. The molecule has 0 saturated heterocycles. The summed E-state index contributed by atoms with van der Waals surface area (Å²) in [4.78, 5) is 54.6. The Hall–Kier alpha value is -4.48. The number of carbonyl (C=O) groups excluding carboxylic acids is 4. The summed E-state index contributed by atoms with van der Waals surface area (Å²) in [5.41, 5.74) is 2.20. The predicted molar refractivity (Wildman–Crippen MR) is 165 cm³/mol. The second-order valence-electron chi connectivity index (χ2n) is 9.75. The minimum atomic E-state index is -0.725. The van der Waals surface area contributed by atoms with Crippen LogP contribution in [0.1, 0.15) is 48.9 Å². The molecule has 3 amide bonds. The molecule has 8 nitrogen and oxygen atoms in total. The minimum Gasteiger partial charge on any atom is -0.465 e. The van der Waals surface area contributed by atoms with Crippen LogP contribution in [0.2, 0.25) is 0 Å². The van der Waals surface area contributed by atoms with Crippen LogP contribution in [-0.4, -0.2) is 42.2 Å². The third kappa shape index (κ3) is 6.79. The van der Waals surface area contributed by atoms with Crippen LogP contribution in [0.15, 0.2) is 83.8 Å². The molecule has 0 radical (unpaired) electrons. The fourth-order valence-electron chi connectivity index (χ4n) is 4.78. The number of nitrogens with zero attached hydrogens (tertiary/aromatic N) is 1. The van der Waals surface area contributed by atoms with Gasteiger partial charge in [0.1, 0.15) is 16.1 Å². The van der Waals surface area contributed by atoms with Crippen molar-refractivity contribution in [2.45, 2.75) is 30.0 Å². The molecule has 1 aliphatic rings. The van der Waals surface area contributed by atoms with Crippen molar-refractivity contribution in [2.24, 2.45) is 0 Å². The maximum Gasteiger partial charge on any atom is 0.341 e. The van der Waals surface area contributed by atoms with Crippen LogP contribution in [0.5, 0.6) is 0 Å². The Morgan fingerprint density at radius 2 is 1.72 bits per heavy atom. The molecule has 0 spiro atoms.